The van der Waals surface area contributed by atoms with Gasteiger partial charge in [0.25, 0.3) is 0 Å². The zero-order valence-corrected chi connectivity index (χ0v) is 11.7. The van der Waals surface area contributed by atoms with Gasteiger partial charge in [-0.3, -0.25) is 0 Å². The number of rotatable bonds is 6. The summed E-state index contributed by atoms with van der Waals surface area (Å²) in [6, 6.07) is 0. The van der Waals surface area contributed by atoms with E-state index in [1.54, 1.807) is 6.92 Å². The van der Waals surface area contributed by atoms with Gasteiger partial charge in [-0.1, -0.05) is 20.3 Å². The second kappa shape index (κ2) is 6.59. The van der Waals surface area contributed by atoms with E-state index >= 15 is 0 Å². The molecular weight excluding hydrogens is 236 g/mol. The van der Waals surface area contributed by atoms with Gasteiger partial charge >= 0.3 is 5.97 Å². The van der Waals surface area contributed by atoms with Crippen molar-refractivity contribution < 1.29 is 9.53 Å². The van der Waals surface area contributed by atoms with E-state index in [1.807, 2.05) is 6.92 Å². The fourth-order valence-corrected chi connectivity index (χ4v) is 2.14. The molecule has 0 spiro atoms. The summed E-state index contributed by atoms with van der Waals surface area (Å²) in [5.74, 6) is 0.290. The monoisotopic (exact) mass is 256 g/mol. The molecular formula is C12H20N2O2S. The summed E-state index contributed by atoms with van der Waals surface area (Å²) in [6.45, 7) is 9.20. The Balaban J connectivity index is 2.75. The molecule has 1 rings (SSSR count). The predicted octanol–water partition coefficient (Wildman–Crippen LogP) is 3.09. The lowest BCUT2D eigenvalue weighted by Gasteiger charge is -2.10. The van der Waals surface area contributed by atoms with Gasteiger partial charge in [0, 0.05) is 6.54 Å². The molecule has 5 heteroatoms. The molecule has 0 aliphatic rings. The number of carbonyl (C=O) groups excluding carboxylic acids is 1. The first-order valence-corrected chi connectivity index (χ1v) is 6.74. The quantitative estimate of drug-likeness (QED) is 0.795. The van der Waals surface area contributed by atoms with Gasteiger partial charge in [-0.25, -0.2) is 4.79 Å². The maximum absolute atomic E-state index is 11.8. The first-order valence-electron chi connectivity index (χ1n) is 5.97. The number of nitrogens with zero attached hydrogens (tertiary/aromatic N) is 1. The molecule has 4 nitrogen and oxygen atoms in total. The number of esters is 1. The number of hydrogen-bond donors (Lipinski definition) is 1. The molecule has 96 valence electrons. The van der Waals surface area contributed by atoms with Crippen LogP contribution in [0.5, 0.6) is 0 Å². The van der Waals surface area contributed by atoms with Gasteiger partial charge < -0.3 is 10.1 Å². The Morgan fingerprint density at radius 2 is 2.24 bits per heavy atom. The van der Waals surface area contributed by atoms with Crippen LogP contribution >= 0.6 is 11.5 Å². The normalized spacial score (nSPS) is 12.2. The van der Waals surface area contributed by atoms with Gasteiger partial charge in [0.05, 0.1) is 12.3 Å². The summed E-state index contributed by atoms with van der Waals surface area (Å²) in [5, 5.41) is 4.10. The SMILES string of the molecule is CCOC(=O)c1c(C)nsc1NCC(C)CC. The molecule has 0 bridgehead atoms. The van der Waals surface area contributed by atoms with Crippen LogP contribution in [0.4, 0.5) is 5.00 Å². The third-order valence-electron chi connectivity index (χ3n) is 2.65. The third kappa shape index (κ3) is 3.70. The first-order chi connectivity index (χ1) is 8.10. The van der Waals surface area contributed by atoms with Gasteiger partial charge in [0.15, 0.2) is 0 Å². The molecule has 0 saturated carbocycles. The molecule has 1 N–H and O–H groups in total. The van der Waals surface area contributed by atoms with Crippen LogP contribution in [0.3, 0.4) is 0 Å². The molecule has 0 fully saturated rings. The van der Waals surface area contributed by atoms with Gasteiger partial charge in [0.1, 0.15) is 10.6 Å². The van der Waals surface area contributed by atoms with Crippen molar-refractivity contribution in [3.63, 3.8) is 0 Å². The molecule has 17 heavy (non-hydrogen) atoms. The topological polar surface area (TPSA) is 51.2 Å². The van der Waals surface area contributed by atoms with Crippen LogP contribution in [0.1, 0.15) is 43.2 Å². The summed E-state index contributed by atoms with van der Waals surface area (Å²) in [6.07, 6.45) is 1.11. The fraction of sp³-hybridized carbons (Fsp3) is 0.667. The van der Waals surface area contributed by atoms with Gasteiger partial charge in [-0.2, -0.15) is 4.37 Å². The van der Waals surface area contributed by atoms with E-state index in [4.69, 9.17) is 4.74 Å². The zero-order chi connectivity index (χ0) is 12.8. The maximum Gasteiger partial charge on any atom is 0.343 e. The van der Waals surface area contributed by atoms with Crippen molar-refractivity contribution in [1.29, 1.82) is 0 Å². The first kappa shape index (κ1) is 14.0. The van der Waals surface area contributed by atoms with E-state index in [9.17, 15) is 4.79 Å². The molecule has 1 heterocycles. The molecule has 1 unspecified atom stereocenters. The van der Waals surface area contributed by atoms with Crippen LogP contribution in [0.15, 0.2) is 0 Å². The number of nitrogens with one attached hydrogen (secondary N) is 1. The summed E-state index contributed by atoms with van der Waals surface area (Å²) in [4.78, 5) is 11.8. The molecule has 0 amide bonds. The van der Waals surface area contributed by atoms with Crippen molar-refractivity contribution >= 4 is 22.5 Å². The third-order valence-corrected chi connectivity index (χ3v) is 3.55. The fourth-order valence-electron chi connectivity index (χ4n) is 1.35. The van der Waals surface area contributed by atoms with Crippen molar-refractivity contribution in [3.8, 4) is 0 Å². The van der Waals surface area contributed by atoms with E-state index in [0.29, 0.717) is 18.1 Å². The van der Waals surface area contributed by atoms with Crippen molar-refractivity contribution in [2.45, 2.75) is 34.1 Å². The van der Waals surface area contributed by atoms with Crippen molar-refractivity contribution in [2.75, 3.05) is 18.5 Å². The van der Waals surface area contributed by atoms with E-state index < -0.39 is 0 Å². The van der Waals surface area contributed by atoms with Crippen LogP contribution < -0.4 is 5.32 Å². The summed E-state index contributed by atoms with van der Waals surface area (Å²) in [7, 11) is 0. The van der Waals surface area contributed by atoms with Crippen LogP contribution in [0.2, 0.25) is 0 Å². The lowest BCUT2D eigenvalue weighted by Crippen LogP contribution is -2.13. The minimum atomic E-state index is -0.287. The average Bonchev–Trinajstić information content (AvgIpc) is 2.67. The number of anilines is 1. The van der Waals surface area contributed by atoms with Crippen molar-refractivity contribution in [1.82, 2.24) is 4.37 Å². The highest BCUT2D eigenvalue weighted by Gasteiger charge is 2.19. The largest absolute Gasteiger partial charge is 0.462 e. The standard InChI is InChI=1S/C12H20N2O2S/c1-5-8(3)7-13-11-10(9(4)14-17-11)12(15)16-6-2/h8,13H,5-7H2,1-4H3. The minimum absolute atomic E-state index is 0.287. The zero-order valence-electron chi connectivity index (χ0n) is 10.9. The Labute approximate surface area is 107 Å². The molecule has 0 aromatic carbocycles. The van der Waals surface area contributed by atoms with E-state index in [1.165, 1.54) is 11.5 Å². The number of carbonyl (C=O) groups is 1. The highest BCUT2D eigenvalue weighted by atomic mass is 32.1. The maximum atomic E-state index is 11.8. The molecule has 1 atom stereocenters. The Kier molecular flexibility index (Phi) is 5.41. The van der Waals surface area contributed by atoms with E-state index in [-0.39, 0.29) is 5.97 Å². The lowest BCUT2D eigenvalue weighted by molar-refractivity contribution is 0.0527. The Morgan fingerprint density at radius 1 is 1.53 bits per heavy atom. The van der Waals surface area contributed by atoms with Crippen LogP contribution in [-0.2, 0) is 4.74 Å². The van der Waals surface area contributed by atoms with E-state index in [0.717, 1.165) is 23.7 Å². The highest BCUT2D eigenvalue weighted by Crippen LogP contribution is 2.25. The number of hydrogen-bond acceptors (Lipinski definition) is 5. The molecule has 1 aromatic rings. The molecule has 0 radical (unpaired) electrons. The van der Waals surface area contributed by atoms with Crippen molar-refractivity contribution in [2.24, 2.45) is 5.92 Å². The molecule has 0 aliphatic carbocycles. The number of ether oxygens (including phenoxy) is 1. The smallest absolute Gasteiger partial charge is 0.343 e. The second-order valence-corrected chi connectivity index (χ2v) is 4.86. The number of aromatic nitrogens is 1. The average molecular weight is 256 g/mol. The molecule has 0 saturated heterocycles. The van der Waals surface area contributed by atoms with Gasteiger partial charge in [-0.05, 0) is 31.3 Å². The van der Waals surface area contributed by atoms with Gasteiger partial charge in [-0.15, -0.1) is 0 Å². The Hall–Kier alpha value is -1.10. The summed E-state index contributed by atoms with van der Waals surface area (Å²) < 4.78 is 9.23. The van der Waals surface area contributed by atoms with Crippen molar-refractivity contribution in [3.05, 3.63) is 11.3 Å². The predicted molar refractivity (Wildman–Crippen MR) is 70.8 cm³/mol. The number of aryl methyl sites for hydroxylation is 1. The highest BCUT2D eigenvalue weighted by molar-refractivity contribution is 7.10. The Bertz CT molecular complexity index is 377. The van der Waals surface area contributed by atoms with Crippen LogP contribution in [0.25, 0.3) is 0 Å². The van der Waals surface area contributed by atoms with Gasteiger partial charge in [0.2, 0.25) is 0 Å². The minimum Gasteiger partial charge on any atom is -0.462 e. The van der Waals surface area contributed by atoms with Crippen LogP contribution in [-0.4, -0.2) is 23.5 Å². The second-order valence-electron chi connectivity index (χ2n) is 4.09. The van der Waals surface area contributed by atoms with Crippen LogP contribution in [0, 0.1) is 12.8 Å². The Morgan fingerprint density at radius 3 is 2.82 bits per heavy atom. The lowest BCUT2D eigenvalue weighted by atomic mass is 10.1. The summed E-state index contributed by atoms with van der Waals surface area (Å²) in [5.41, 5.74) is 1.32. The van der Waals surface area contributed by atoms with E-state index in [2.05, 4.69) is 23.5 Å². The molecule has 0 aliphatic heterocycles. The molecule has 1 aromatic heterocycles. The summed E-state index contributed by atoms with van der Waals surface area (Å²) >= 11 is 1.32.